The van der Waals surface area contributed by atoms with Gasteiger partial charge in [-0.15, -0.1) is 10.2 Å². The van der Waals surface area contributed by atoms with E-state index in [1.165, 1.54) is 17.3 Å². The third kappa shape index (κ3) is 4.82. The lowest BCUT2D eigenvalue weighted by atomic mass is 10.2. The molecule has 0 saturated carbocycles. The number of nitrogens with zero attached hydrogens (tertiary/aromatic N) is 4. The average Bonchev–Trinajstić information content (AvgIpc) is 3.07. The van der Waals surface area contributed by atoms with Crippen molar-refractivity contribution in [3.8, 4) is 5.75 Å². The molecule has 0 N–H and O–H groups in total. The van der Waals surface area contributed by atoms with Gasteiger partial charge in [-0.1, -0.05) is 45.2 Å². The van der Waals surface area contributed by atoms with Crippen molar-refractivity contribution < 1.29 is 4.74 Å². The highest BCUT2D eigenvalue weighted by atomic mass is 79.9. The third-order valence-corrected chi connectivity index (χ3v) is 4.79. The second-order valence-electron chi connectivity index (χ2n) is 4.92. The first kappa shape index (κ1) is 18.4. The summed E-state index contributed by atoms with van der Waals surface area (Å²) in [4.78, 5) is 0. The van der Waals surface area contributed by atoms with Crippen LogP contribution in [-0.4, -0.2) is 21.1 Å². The van der Waals surface area contributed by atoms with Crippen LogP contribution in [0.15, 0.2) is 57.0 Å². The highest BCUT2D eigenvalue weighted by molar-refractivity contribution is 9.11. The first-order chi connectivity index (χ1) is 12.0. The smallest absolute Gasteiger partial charge is 0.142 e. The van der Waals surface area contributed by atoms with E-state index in [9.17, 15) is 0 Å². The molecule has 3 rings (SSSR count). The van der Waals surface area contributed by atoms with Gasteiger partial charge in [0.2, 0.25) is 0 Å². The number of aromatic nitrogens is 3. The molecule has 0 atom stereocenters. The van der Waals surface area contributed by atoms with Crippen LogP contribution in [0, 0.1) is 0 Å². The minimum Gasteiger partial charge on any atom is -0.487 e. The lowest BCUT2D eigenvalue weighted by Gasteiger charge is -2.13. The SMILES string of the molecule is Clc1ccc(COc2c(Br)cc(Br)cc2/C=N/n2cnnc2)c(Cl)c1. The number of benzene rings is 2. The zero-order valence-electron chi connectivity index (χ0n) is 12.5. The summed E-state index contributed by atoms with van der Waals surface area (Å²) in [5.41, 5.74) is 1.61. The Morgan fingerprint density at radius 3 is 2.60 bits per heavy atom. The van der Waals surface area contributed by atoms with Crippen molar-refractivity contribution in [1.29, 1.82) is 0 Å². The minimum atomic E-state index is 0.295. The molecule has 5 nitrogen and oxygen atoms in total. The Labute approximate surface area is 170 Å². The Kier molecular flexibility index (Phi) is 6.11. The van der Waals surface area contributed by atoms with Crippen molar-refractivity contribution in [1.82, 2.24) is 14.9 Å². The predicted molar refractivity (Wildman–Crippen MR) is 106 cm³/mol. The van der Waals surface area contributed by atoms with Gasteiger partial charge in [0.05, 0.1) is 10.7 Å². The second kappa shape index (κ2) is 8.31. The van der Waals surface area contributed by atoms with Crippen LogP contribution in [0.25, 0.3) is 0 Å². The van der Waals surface area contributed by atoms with E-state index in [-0.39, 0.29) is 0 Å². The molecule has 9 heteroatoms. The fraction of sp³-hybridized carbons (Fsp3) is 0.0625. The van der Waals surface area contributed by atoms with Crippen molar-refractivity contribution in [2.75, 3.05) is 0 Å². The van der Waals surface area contributed by atoms with Crippen LogP contribution in [0.2, 0.25) is 10.0 Å². The van der Waals surface area contributed by atoms with Gasteiger partial charge in [-0.25, -0.2) is 4.68 Å². The Balaban J connectivity index is 1.87. The fourth-order valence-corrected chi connectivity index (χ4v) is 3.84. The molecule has 0 aliphatic heterocycles. The molecule has 0 amide bonds. The van der Waals surface area contributed by atoms with Crippen molar-refractivity contribution in [2.24, 2.45) is 5.10 Å². The second-order valence-corrected chi connectivity index (χ2v) is 7.53. The molecule has 0 bridgehead atoms. The van der Waals surface area contributed by atoms with Gasteiger partial charge in [-0.3, -0.25) is 0 Å². The van der Waals surface area contributed by atoms with E-state index in [4.69, 9.17) is 27.9 Å². The topological polar surface area (TPSA) is 52.3 Å². The van der Waals surface area contributed by atoms with Gasteiger partial charge in [0.1, 0.15) is 25.0 Å². The van der Waals surface area contributed by atoms with E-state index >= 15 is 0 Å². The number of hydrogen-bond donors (Lipinski definition) is 0. The minimum absolute atomic E-state index is 0.295. The van der Waals surface area contributed by atoms with Crippen LogP contribution in [0.5, 0.6) is 5.75 Å². The monoisotopic (exact) mass is 502 g/mol. The molecule has 0 aliphatic carbocycles. The zero-order chi connectivity index (χ0) is 17.8. The first-order valence-corrected chi connectivity index (χ1v) is 9.32. The molecule has 128 valence electrons. The molecule has 0 unspecified atom stereocenters. The van der Waals surface area contributed by atoms with Gasteiger partial charge in [0.15, 0.2) is 0 Å². The molecule has 0 spiro atoms. The van der Waals surface area contributed by atoms with Gasteiger partial charge in [-0.05, 0) is 40.2 Å². The lowest BCUT2D eigenvalue weighted by Crippen LogP contribution is -2.01. The van der Waals surface area contributed by atoms with Gasteiger partial charge in [0, 0.05) is 25.6 Å². The molecular formula is C16H10Br2Cl2N4O. The third-order valence-electron chi connectivity index (χ3n) is 3.16. The largest absolute Gasteiger partial charge is 0.487 e. The summed E-state index contributed by atoms with van der Waals surface area (Å²) in [5.74, 6) is 0.644. The number of rotatable bonds is 5. The normalized spacial score (nSPS) is 11.2. The van der Waals surface area contributed by atoms with E-state index in [0.717, 1.165) is 20.1 Å². The Hall–Kier alpha value is -1.41. The Morgan fingerprint density at radius 1 is 1.12 bits per heavy atom. The molecule has 0 saturated heterocycles. The predicted octanol–water partition coefficient (Wildman–Crippen LogP) is 5.57. The van der Waals surface area contributed by atoms with Gasteiger partial charge >= 0.3 is 0 Å². The zero-order valence-corrected chi connectivity index (χ0v) is 17.2. The molecule has 2 aromatic carbocycles. The molecule has 0 aliphatic rings. The summed E-state index contributed by atoms with van der Waals surface area (Å²) in [5, 5.41) is 12.8. The summed E-state index contributed by atoms with van der Waals surface area (Å²) in [6, 6.07) is 9.10. The first-order valence-electron chi connectivity index (χ1n) is 6.97. The van der Waals surface area contributed by atoms with Crippen LogP contribution in [-0.2, 0) is 6.61 Å². The van der Waals surface area contributed by atoms with Crippen LogP contribution in [0.3, 0.4) is 0 Å². The highest BCUT2D eigenvalue weighted by Crippen LogP contribution is 2.33. The summed E-state index contributed by atoms with van der Waals surface area (Å²) >= 11 is 19.1. The quantitative estimate of drug-likeness (QED) is 0.427. The standard InChI is InChI=1S/C16H10Br2Cl2N4O/c17-12-3-11(6-23-24-8-21-22-9-24)16(14(18)4-12)25-7-10-1-2-13(19)5-15(10)20/h1-6,8-9H,7H2/b23-6+. The molecule has 25 heavy (non-hydrogen) atoms. The van der Waals surface area contributed by atoms with E-state index < -0.39 is 0 Å². The summed E-state index contributed by atoms with van der Waals surface area (Å²) in [6.45, 7) is 0.295. The molecule has 0 fully saturated rings. The van der Waals surface area contributed by atoms with Crippen molar-refractivity contribution in [3.63, 3.8) is 0 Å². The lowest BCUT2D eigenvalue weighted by molar-refractivity contribution is 0.304. The highest BCUT2D eigenvalue weighted by Gasteiger charge is 2.11. The van der Waals surface area contributed by atoms with Crippen molar-refractivity contribution in [3.05, 3.63) is 73.1 Å². The maximum Gasteiger partial charge on any atom is 0.142 e. The molecule has 3 aromatic rings. The van der Waals surface area contributed by atoms with Gasteiger partial charge < -0.3 is 4.74 Å². The number of halogens is 4. The Bertz CT molecular complexity index is 917. The average molecular weight is 505 g/mol. The Morgan fingerprint density at radius 2 is 1.88 bits per heavy atom. The van der Waals surface area contributed by atoms with Crippen LogP contribution in [0.4, 0.5) is 0 Å². The van der Waals surface area contributed by atoms with Crippen molar-refractivity contribution in [2.45, 2.75) is 6.61 Å². The van der Waals surface area contributed by atoms with Crippen molar-refractivity contribution >= 4 is 61.3 Å². The van der Waals surface area contributed by atoms with Crippen LogP contribution < -0.4 is 4.74 Å². The van der Waals surface area contributed by atoms with Crippen LogP contribution >= 0.6 is 55.1 Å². The molecule has 0 radical (unpaired) electrons. The van der Waals surface area contributed by atoms with E-state index in [0.29, 0.717) is 22.4 Å². The van der Waals surface area contributed by atoms with E-state index in [1.54, 1.807) is 18.3 Å². The van der Waals surface area contributed by atoms with Crippen LogP contribution in [0.1, 0.15) is 11.1 Å². The number of hydrogen-bond acceptors (Lipinski definition) is 4. The van der Waals surface area contributed by atoms with E-state index in [2.05, 4.69) is 47.2 Å². The summed E-state index contributed by atoms with van der Waals surface area (Å²) in [7, 11) is 0. The maximum atomic E-state index is 6.20. The molecular weight excluding hydrogens is 495 g/mol. The van der Waals surface area contributed by atoms with Gasteiger partial charge in [-0.2, -0.15) is 5.10 Å². The molecule has 1 aromatic heterocycles. The number of ether oxygens (including phenoxy) is 1. The summed E-state index contributed by atoms with van der Waals surface area (Å²) < 4.78 is 9.15. The maximum absolute atomic E-state index is 6.20. The van der Waals surface area contributed by atoms with Gasteiger partial charge in [0.25, 0.3) is 0 Å². The van der Waals surface area contributed by atoms with E-state index in [1.807, 2.05) is 18.2 Å². The summed E-state index contributed by atoms with van der Waals surface area (Å²) in [6.07, 6.45) is 4.66. The fourth-order valence-electron chi connectivity index (χ4n) is 2.00. The molecule has 1 heterocycles.